The zero-order valence-electron chi connectivity index (χ0n) is 5.53. The average molecular weight is 156 g/mol. The maximum Gasteiger partial charge on any atom is 0.359 e. The predicted molar refractivity (Wildman–Crippen MR) is 33.4 cm³/mol. The first-order valence-electron chi connectivity index (χ1n) is 2.83. The average Bonchev–Trinajstić information content (AvgIpc) is 2.07. The quantitative estimate of drug-likeness (QED) is 0.587. The Kier molecular flexibility index (Phi) is 2.48. The van der Waals surface area contributed by atoms with E-state index in [9.17, 15) is 9.18 Å². The van der Waals surface area contributed by atoms with Gasteiger partial charge in [0.1, 0.15) is 6.33 Å². The van der Waals surface area contributed by atoms with Gasteiger partial charge in [0.15, 0.2) is 5.69 Å². The minimum Gasteiger partial charge on any atom is -0.429 e. The molecule has 1 rings (SSSR count). The summed E-state index contributed by atoms with van der Waals surface area (Å²) in [6.45, 7) is -1.14. The molecule has 1 aromatic rings. The minimum atomic E-state index is -1.14. The van der Waals surface area contributed by atoms with Gasteiger partial charge >= 0.3 is 5.97 Å². The first-order chi connectivity index (χ1) is 5.34. The van der Waals surface area contributed by atoms with E-state index < -0.39 is 12.8 Å². The summed E-state index contributed by atoms with van der Waals surface area (Å²) in [5, 5.41) is 0. The van der Waals surface area contributed by atoms with Crippen LogP contribution in [0.4, 0.5) is 4.39 Å². The molecule has 11 heavy (non-hydrogen) atoms. The van der Waals surface area contributed by atoms with Crippen molar-refractivity contribution in [2.24, 2.45) is 0 Å². The number of hydrogen-bond acceptors (Lipinski definition) is 4. The summed E-state index contributed by atoms with van der Waals surface area (Å²) in [7, 11) is 0. The molecular formula is C6H5FN2O2. The van der Waals surface area contributed by atoms with Crippen LogP contribution in [0.5, 0.6) is 0 Å². The van der Waals surface area contributed by atoms with Gasteiger partial charge in [-0.25, -0.2) is 19.2 Å². The molecule has 0 aliphatic heterocycles. The van der Waals surface area contributed by atoms with Gasteiger partial charge in [0.05, 0.1) is 0 Å². The molecule has 0 spiro atoms. The molecule has 1 aromatic heterocycles. The zero-order chi connectivity index (χ0) is 8.10. The van der Waals surface area contributed by atoms with E-state index in [0.29, 0.717) is 0 Å². The van der Waals surface area contributed by atoms with Gasteiger partial charge in [0.25, 0.3) is 0 Å². The molecule has 0 aliphatic rings. The van der Waals surface area contributed by atoms with Gasteiger partial charge in [-0.2, -0.15) is 0 Å². The van der Waals surface area contributed by atoms with Gasteiger partial charge in [-0.1, -0.05) is 0 Å². The summed E-state index contributed by atoms with van der Waals surface area (Å²) in [5.74, 6) is -0.782. The van der Waals surface area contributed by atoms with Crippen LogP contribution in [0.15, 0.2) is 18.6 Å². The van der Waals surface area contributed by atoms with Crippen LogP contribution in [0.1, 0.15) is 10.5 Å². The smallest absolute Gasteiger partial charge is 0.359 e. The lowest BCUT2D eigenvalue weighted by Crippen LogP contribution is -2.05. The van der Waals surface area contributed by atoms with Crippen molar-refractivity contribution in [3.63, 3.8) is 0 Å². The molecule has 0 radical (unpaired) electrons. The fourth-order valence-corrected chi connectivity index (χ4v) is 0.535. The van der Waals surface area contributed by atoms with E-state index in [1.54, 1.807) is 0 Å². The topological polar surface area (TPSA) is 52.1 Å². The molecule has 0 aliphatic carbocycles. The third-order valence-corrected chi connectivity index (χ3v) is 0.977. The van der Waals surface area contributed by atoms with Crippen LogP contribution in [-0.2, 0) is 4.74 Å². The van der Waals surface area contributed by atoms with E-state index in [2.05, 4.69) is 14.7 Å². The fraction of sp³-hybridized carbons (Fsp3) is 0.167. The SMILES string of the molecule is O=C(OCF)c1ccncn1. The predicted octanol–water partition coefficient (Wildman–Crippen LogP) is 0.560. The van der Waals surface area contributed by atoms with Crippen molar-refractivity contribution in [1.82, 2.24) is 9.97 Å². The molecule has 0 bridgehead atoms. The van der Waals surface area contributed by atoms with Crippen LogP contribution in [0.2, 0.25) is 0 Å². The van der Waals surface area contributed by atoms with Gasteiger partial charge in [-0.3, -0.25) is 0 Å². The Labute approximate surface area is 62.0 Å². The van der Waals surface area contributed by atoms with Crippen molar-refractivity contribution in [2.75, 3.05) is 6.86 Å². The largest absolute Gasteiger partial charge is 0.429 e. The van der Waals surface area contributed by atoms with Crippen molar-refractivity contribution in [3.05, 3.63) is 24.3 Å². The Hall–Kier alpha value is -1.52. The molecule has 4 nitrogen and oxygen atoms in total. The lowest BCUT2D eigenvalue weighted by Gasteiger charge is -1.96. The molecule has 58 valence electrons. The standard InChI is InChI=1S/C6H5FN2O2/c7-3-11-6(10)5-1-2-8-4-9-5/h1-2,4H,3H2. The van der Waals surface area contributed by atoms with Crippen molar-refractivity contribution < 1.29 is 13.9 Å². The number of aromatic nitrogens is 2. The minimum absolute atomic E-state index is 0.0534. The molecule has 0 unspecified atom stereocenters. The molecule has 0 N–H and O–H groups in total. The fourth-order valence-electron chi connectivity index (χ4n) is 0.535. The van der Waals surface area contributed by atoms with Crippen molar-refractivity contribution >= 4 is 5.97 Å². The number of alkyl halides is 1. The van der Waals surface area contributed by atoms with Gasteiger partial charge in [0, 0.05) is 6.20 Å². The third kappa shape index (κ3) is 1.96. The monoisotopic (exact) mass is 156 g/mol. The Balaban J connectivity index is 2.69. The van der Waals surface area contributed by atoms with E-state index in [-0.39, 0.29) is 5.69 Å². The summed E-state index contributed by atoms with van der Waals surface area (Å²) in [5.41, 5.74) is 0.0534. The number of hydrogen-bond donors (Lipinski definition) is 0. The van der Waals surface area contributed by atoms with Crippen LogP contribution in [0, 0.1) is 0 Å². The highest BCUT2D eigenvalue weighted by molar-refractivity contribution is 5.86. The summed E-state index contributed by atoms with van der Waals surface area (Å²) in [6.07, 6.45) is 2.57. The lowest BCUT2D eigenvalue weighted by molar-refractivity contribution is 0.0317. The number of carbonyl (C=O) groups excluding carboxylic acids is 1. The van der Waals surface area contributed by atoms with Gasteiger partial charge in [-0.05, 0) is 6.07 Å². The number of esters is 1. The van der Waals surface area contributed by atoms with Crippen molar-refractivity contribution in [1.29, 1.82) is 0 Å². The van der Waals surface area contributed by atoms with Crippen molar-refractivity contribution in [2.45, 2.75) is 0 Å². The second-order valence-corrected chi connectivity index (χ2v) is 1.64. The Morgan fingerprint density at radius 2 is 2.55 bits per heavy atom. The molecule has 0 fully saturated rings. The Bertz CT molecular complexity index is 240. The normalized spacial score (nSPS) is 9.18. The summed E-state index contributed by atoms with van der Waals surface area (Å²) < 4.78 is 15.5. The maximum atomic E-state index is 11.4. The summed E-state index contributed by atoms with van der Waals surface area (Å²) >= 11 is 0. The summed E-state index contributed by atoms with van der Waals surface area (Å²) in [6, 6.07) is 1.35. The Morgan fingerprint density at radius 3 is 3.09 bits per heavy atom. The Morgan fingerprint density at radius 1 is 1.73 bits per heavy atom. The third-order valence-electron chi connectivity index (χ3n) is 0.977. The van der Waals surface area contributed by atoms with E-state index >= 15 is 0 Å². The zero-order valence-corrected chi connectivity index (χ0v) is 5.53. The summed E-state index contributed by atoms with van der Waals surface area (Å²) in [4.78, 5) is 17.8. The molecule has 0 atom stereocenters. The highest BCUT2D eigenvalue weighted by atomic mass is 19.1. The van der Waals surface area contributed by atoms with Crippen LogP contribution in [0.3, 0.4) is 0 Å². The van der Waals surface area contributed by atoms with E-state index in [4.69, 9.17) is 0 Å². The van der Waals surface area contributed by atoms with Gasteiger partial charge in [-0.15, -0.1) is 0 Å². The van der Waals surface area contributed by atoms with Crippen LogP contribution >= 0.6 is 0 Å². The molecule has 0 amide bonds. The molecular weight excluding hydrogens is 151 g/mol. The van der Waals surface area contributed by atoms with E-state index in [1.165, 1.54) is 18.6 Å². The maximum absolute atomic E-state index is 11.4. The van der Waals surface area contributed by atoms with E-state index in [0.717, 1.165) is 0 Å². The molecule has 0 saturated heterocycles. The first kappa shape index (κ1) is 7.59. The second-order valence-electron chi connectivity index (χ2n) is 1.64. The number of ether oxygens (including phenoxy) is 1. The molecule has 0 saturated carbocycles. The molecule has 0 aromatic carbocycles. The van der Waals surface area contributed by atoms with Gasteiger partial charge < -0.3 is 4.74 Å². The van der Waals surface area contributed by atoms with Crippen LogP contribution in [0.25, 0.3) is 0 Å². The number of nitrogens with zero attached hydrogens (tertiary/aromatic N) is 2. The highest BCUT2D eigenvalue weighted by Crippen LogP contribution is 1.94. The van der Waals surface area contributed by atoms with Gasteiger partial charge in [0.2, 0.25) is 6.86 Å². The highest BCUT2D eigenvalue weighted by Gasteiger charge is 2.06. The number of carbonyl (C=O) groups is 1. The number of halogens is 1. The molecule has 1 heterocycles. The molecule has 5 heteroatoms. The first-order valence-corrected chi connectivity index (χ1v) is 2.83. The van der Waals surface area contributed by atoms with Crippen molar-refractivity contribution in [3.8, 4) is 0 Å². The van der Waals surface area contributed by atoms with Crippen LogP contribution < -0.4 is 0 Å². The number of rotatable bonds is 2. The van der Waals surface area contributed by atoms with E-state index in [1.807, 2.05) is 0 Å². The lowest BCUT2D eigenvalue weighted by atomic mass is 10.4. The van der Waals surface area contributed by atoms with Crippen LogP contribution in [-0.4, -0.2) is 22.8 Å². The second kappa shape index (κ2) is 3.60.